The van der Waals surface area contributed by atoms with E-state index in [4.69, 9.17) is 16.3 Å². The van der Waals surface area contributed by atoms with Gasteiger partial charge in [0.1, 0.15) is 18.1 Å². The minimum absolute atomic E-state index is 0.405. The Morgan fingerprint density at radius 2 is 2.07 bits per heavy atom. The molecule has 0 atom stereocenters. The largest absolute Gasteiger partial charge is 0.476 e. The summed E-state index contributed by atoms with van der Waals surface area (Å²) < 4.78 is 5.44. The van der Waals surface area contributed by atoms with Gasteiger partial charge in [-0.25, -0.2) is 9.97 Å². The molecular weight excluding hydrogens is 214 g/mol. The average molecular weight is 230 g/mol. The smallest absolute Gasteiger partial charge is 0.217 e. The molecule has 0 amide bonds. The summed E-state index contributed by atoms with van der Waals surface area (Å²) in [5.41, 5.74) is 0. The fourth-order valence-corrected chi connectivity index (χ4v) is 1.35. The van der Waals surface area contributed by atoms with E-state index in [1.54, 1.807) is 6.07 Å². The fraction of sp³-hybridized carbons (Fsp3) is 0.600. The number of nitrogens with zero attached hydrogens (tertiary/aromatic N) is 3. The normalized spacial score (nSPS) is 10.7. The van der Waals surface area contributed by atoms with Gasteiger partial charge in [-0.05, 0) is 13.1 Å². The third kappa shape index (κ3) is 4.44. The van der Waals surface area contributed by atoms with Crippen molar-refractivity contribution in [2.45, 2.75) is 13.8 Å². The number of rotatable bonds is 6. The molecule has 1 aromatic heterocycles. The van der Waals surface area contributed by atoms with Crippen molar-refractivity contribution in [1.29, 1.82) is 0 Å². The predicted molar refractivity (Wildman–Crippen MR) is 60.3 cm³/mol. The lowest BCUT2D eigenvalue weighted by Crippen LogP contribution is -2.28. The third-order valence-corrected chi connectivity index (χ3v) is 2.37. The molecule has 5 heteroatoms. The van der Waals surface area contributed by atoms with Crippen molar-refractivity contribution in [3.63, 3.8) is 0 Å². The fourth-order valence-electron chi connectivity index (χ4n) is 1.22. The summed E-state index contributed by atoms with van der Waals surface area (Å²) in [7, 11) is 0. The molecule has 0 aliphatic rings. The zero-order valence-electron chi connectivity index (χ0n) is 9.11. The molecule has 1 rings (SSSR count). The Kier molecular flexibility index (Phi) is 5.36. The molecule has 0 aromatic carbocycles. The molecule has 4 nitrogen and oxygen atoms in total. The Morgan fingerprint density at radius 3 is 2.67 bits per heavy atom. The van der Waals surface area contributed by atoms with Crippen LogP contribution < -0.4 is 4.74 Å². The van der Waals surface area contributed by atoms with Gasteiger partial charge in [-0.15, -0.1) is 0 Å². The zero-order valence-corrected chi connectivity index (χ0v) is 9.87. The van der Waals surface area contributed by atoms with E-state index in [9.17, 15) is 0 Å². The van der Waals surface area contributed by atoms with Crippen LogP contribution in [0.5, 0.6) is 5.88 Å². The number of ether oxygens (including phenoxy) is 1. The van der Waals surface area contributed by atoms with Crippen LogP contribution in [0.4, 0.5) is 0 Å². The summed E-state index contributed by atoms with van der Waals surface area (Å²) in [6.07, 6.45) is 1.40. The molecule has 0 fully saturated rings. The van der Waals surface area contributed by atoms with Crippen LogP contribution >= 0.6 is 11.6 Å². The topological polar surface area (TPSA) is 38.2 Å². The van der Waals surface area contributed by atoms with Gasteiger partial charge >= 0.3 is 0 Å². The van der Waals surface area contributed by atoms with E-state index in [1.807, 2.05) is 0 Å². The van der Waals surface area contributed by atoms with E-state index in [2.05, 4.69) is 28.7 Å². The first-order chi connectivity index (χ1) is 7.26. The molecule has 0 saturated heterocycles. The standard InChI is InChI=1S/C10H16ClN3O/c1-3-14(4-2)5-6-15-10-7-9(11)12-8-13-10/h7-8H,3-6H2,1-2H3. The highest BCUT2D eigenvalue weighted by atomic mass is 35.5. The number of hydrogen-bond acceptors (Lipinski definition) is 4. The monoisotopic (exact) mass is 229 g/mol. The number of aromatic nitrogens is 2. The second kappa shape index (κ2) is 6.58. The Balaban J connectivity index is 2.31. The molecule has 1 aromatic rings. The maximum absolute atomic E-state index is 5.70. The highest BCUT2D eigenvalue weighted by molar-refractivity contribution is 6.29. The molecule has 0 unspecified atom stereocenters. The van der Waals surface area contributed by atoms with Crippen LogP contribution in [-0.4, -0.2) is 41.1 Å². The van der Waals surface area contributed by atoms with E-state index in [-0.39, 0.29) is 0 Å². The van der Waals surface area contributed by atoms with Crippen LogP contribution in [0.1, 0.15) is 13.8 Å². The van der Waals surface area contributed by atoms with E-state index in [0.717, 1.165) is 19.6 Å². The Bertz CT molecular complexity index is 292. The molecule has 84 valence electrons. The summed E-state index contributed by atoms with van der Waals surface area (Å²) in [5.74, 6) is 0.530. The summed E-state index contributed by atoms with van der Waals surface area (Å²) in [4.78, 5) is 10.0. The lowest BCUT2D eigenvalue weighted by molar-refractivity contribution is 0.217. The van der Waals surface area contributed by atoms with Crippen LogP contribution in [0.2, 0.25) is 5.15 Å². The molecule has 0 aliphatic carbocycles. The number of likely N-dealkylation sites (N-methyl/N-ethyl adjacent to an activating group) is 1. The van der Waals surface area contributed by atoms with E-state index >= 15 is 0 Å². The molecule has 0 spiro atoms. The molecule has 0 saturated carbocycles. The second-order valence-corrected chi connectivity index (χ2v) is 3.44. The molecule has 0 N–H and O–H groups in total. The Morgan fingerprint density at radius 1 is 1.33 bits per heavy atom. The highest BCUT2D eigenvalue weighted by Gasteiger charge is 2.00. The lowest BCUT2D eigenvalue weighted by Gasteiger charge is -2.17. The van der Waals surface area contributed by atoms with E-state index in [1.165, 1.54) is 6.33 Å². The van der Waals surface area contributed by atoms with Gasteiger partial charge in [0.15, 0.2) is 0 Å². The first-order valence-corrected chi connectivity index (χ1v) is 5.46. The van der Waals surface area contributed by atoms with Gasteiger partial charge in [-0.3, -0.25) is 0 Å². The third-order valence-electron chi connectivity index (χ3n) is 2.16. The van der Waals surface area contributed by atoms with Gasteiger partial charge in [0.2, 0.25) is 5.88 Å². The quantitative estimate of drug-likeness (QED) is 0.698. The molecule has 1 heterocycles. The molecule has 0 radical (unpaired) electrons. The van der Waals surface area contributed by atoms with Crippen molar-refractivity contribution in [3.05, 3.63) is 17.5 Å². The summed E-state index contributed by atoms with van der Waals surface area (Å²) in [5, 5.41) is 0.405. The van der Waals surface area contributed by atoms with Gasteiger partial charge in [0.25, 0.3) is 0 Å². The first kappa shape index (κ1) is 12.2. The minimum atomic E-state index is 0.405. The van der Waals surface area contributed by atoms with Crippen molar-refractivity contribution in [2.24, 2.45) is 0 Å². The number of hydrogen-bond donors (Lipinski definition) is 0. The van der Waals surface area contributed by atoms with Crippen LogP contribution in [0, 0.1) is 0 Å². The molecular formula is C10H16ClN3O. The van der Waals surface area contributed by atoms with Gasteiger partial charge in [-0.1, -0.05) is 25.4 Å². The van der Waals surface area contributed by atoms with Crippen molar-refractivity contribution in [3.8, 4) is 5.88 Å². The SMILES string of the molecule is CCN(CC)CCOc1cc(Cl)ncn1. The van der Waals surface area contributed by atoms with Crippen LogP contribution in [0.15, 0.2) is 12.4 Å². The van der Waals surface area contributed by atoms with E-state index < -0.39 is 0 Å². The van der Waals surface area contributed by atoms with Gasteiger partial charge < -0.3 is 9.64 Å². The Labute approximate surface area is 95.2 Å². The second-order valence-electron chi connectivity index (χ2n) is 3.05. The highest BCUT2D eigenvalue weighted by Crippen LogP contribution is 2.10. The summed E-state index contributed by atoms with van der Waals surface area (Å²) in [6, 6.07) is 1.61. The average Bonchev–Trinajstić information content (AvgIpc) is 2.25. The van der Waals surface area contributed by atoms with Crippen molar-refractivity contribution in [2.75, 3.05) is 26.2 Å². The summed E-state index contributed by atoms with van der Waals surface area (Å²) >= 11 is 5.70. The van der Waals surface area contributed by atoms with Crippen LogP contribution in [-0.2, 0) is 0 Å². The molecule has 0 bridgehead atoms. The predicted octanol–water partition coefficient (Wildman–Crippen LogP) is 1.85. The number of halogens is 1. The lowest BCUT2D eigenvalue weighted by atomic mass is 10.5. The summed E-state index contributed by atoms with van der Waals surface area (Å²) in [6.45, 7) is 7.84. The zero-order chi connectivity index (χ0) is 11.1. The first-order valence-electron chi connectivity index (χ1n) is 5.09. The van der Waals surface area contributed by atoms with Gasteiger partial charge in [-0.2, -0.15) is 0 Å². The van der Waals surface area contributed by atoms with Gasteiger partial charge in [0, 0.05) is 12.6 Å². The molecule has 0 aliphatic heterocycles. The molecule has 15 heavy (non-hydrogen) atoms. The van der Waals surface area contributed by atoms with Crippen LogP contribution in [0.25, 0.3) is 0 Å². The Hall–Kier alpha value is -0.870. The minimum Gasteiger partial charge on any atom is -0.476 e. The maximum atomic E-state index is 5.70. The van der Waals surface area contributed by atoms with Gasteiger partial charge in [0.05, 0.1) is 0 Å². The van der Waals surface area contributed by atoms with Crippen molar-refractivity contribution in [1.82, 2.24) is 14.9 Å². The van der Waals surface area contributed by atoms with Crippen molar-refractivity contribution < 1.29 is 4.74 Å². The van der Waals surface area contributed by atoms with E-state index in [0.29, 0.717) is 17.6 Å². The maximum Gasteiger partial charge on any atom is 0.217 e. The van der Waals surface area contributed by atoms with Crippen LogP contribution in [0.3, 0.4) is 0 Å². The van der Waals surface area contributed by atoms with Crippen molar-refractivity contribution >= 4 is 11.6 Å².